The monoisotopic (exact) mass is 382 g/mol. The molecule has 3 aromatic rings. The van der Waals surface area contributed by atoms with Crippen LogP contribution in [0.25, 0.3) is 0 Å². The summed E-state index contributed by atoms with van der Waals surface area (Å²) in [5.41, 5.74) is 2.19. The van der Waals surface area contributed by atoms with Crippen molar-refractivity contribution in [2.24, 2.45) is 0 Å². The highest BCUT2D eigenvalue weighted by Crippen LogP contribution is 2.17. The molecule has 6 nitrogen and oxygen atoms in total. The number of nitrogens with one attached hydrogen (secondary N) is 2. The number of halogens is 1. The minimum absolute atomic E-state index is 0.282. The molecule has 1 heterocycles. The number of aromatic nitrogens is 2. The smallest absolute Gasteiger partial charge is 0.258 e. The Balaban J connectivity index is 1.53. The molecular weight excluding hydrogens is 364 g/mol. The van der Waals surface area contributed by atoms with Crippen molar-refractivity contribution < 1.29 is 9.53 Å². The first-order chi connectivity index (χ1) is 13.1. The number of carbonyl (C=O) groups is 1. The van der Waals surface area contributed by atoms with Crippen LogP contribution >= 0.6 is 11.6 Å². The number of amides is 1. The molecule has 0 saturated heterocycles. The van der Waals surface area contributed by atoms with Gasteiger partial charge < -0.3 is 15.4 Å². The minimum atomic E-state index is -0.282. The van der Waals surface area contributed by atoms with Crippen molar-refractivity contribution in [1.82, 2.24) is 9.97 Å². The Hall–Kier alpha value is -3.12. The van der Waals surface area contributed by atoms with E-state index in [1.54, 1.807) is 25.3 Å². The van der Waals surface area contributed by atoms with E-state index in [-0.39, 0.29) is 5.91 Å². The van der Waals surface area contributed by atoms with Crippen LogP contribution in [-0.2, 0) is 6.42 Å². The maximum atomic E-state index is 12.3. The molecule has 1 amide bonds. The van der Waals surface area contributed by atoms with Gasteiger partial charge in [0.25, 0.3) is 5.91 Å². The second-order valence-electron chi connectivity index (χ2n) is 5.78. The summed E-state index contributed by atoms with van der Waals surface area (Å²) in [5, 5.41) is 6.65. The highest BCUT2D eigenvalue weighted by molar-refractivity contribution is 6.30. The van der Waals surface area contributed by atoms with E-state index in [0.717, 1.165) is 11.4 Å². The van der Waals surface area contributed by atoms with E-state index in [2.05, 4.69) is 20.6 Å². The molecule has 3 rings (SSSR count). The van der Waals surface area contributed by atoms with Gasteiger partial charge in [0.15, 0.2) is 0 Å². The maximum Gasteiger partial charge on any atom is 0.258 e. The standard InChI is InChI=1S/C20H19ClN4O2/c1-27-18-4-2-3-17(11-18)25-19(26)15-12-23-20(24-13-15)22-10-9-14-5-7-16(21)8-6-14/h2-8,11-13H,9-10H2,1H3,(H,25,26)(H,22,23,24). The Morgan fingerprint density at radius 2 is 1.85 bits per heavy atom. The van der Waals surface area contributed by atoms with Crippen LogP contribution in [0.1, 0.15) is 15.9 Å². The first kappa shape index (κ1) is 18.7. The van der Waals surface area contributed by atoms with Crippen molar-refractivity contribution in [3.05, 3.63) is 77.1 Å². The lowest BCUT2D eigenvalue weighted by molar-refractivity contribution is 0.102. The average molecular weight is 383 g/mol. The molecule has 0 aliphatic carbocycles. The van der Waals surface area contributed by atoms with Gasteiger partial charge >= 0.3 is 0 Å². The molecule has 0 bridgehead atoms. The second-order valence-corrected chi connectivity index (χ2v) is 6.22. The molecule has 0 aliphatic heterocycles. The van der Waals surface area contributed by atoms with Gasteiger partial charge in [-0.1, -0.05) is 29.8 Å². The first-order valence-electron chi connectivity index (χ1n) is 8.40. The normalized spacial score (nSPS) is 10.3. The zero-order valence-electron chi connectivity index (χ0n) is 14.8. The summed E-state index contributed by atoms with van der Waals surface area (Å²) < 4.78 is 5.14. The van der Waals surface area contributed by atoms with Gasteiger partial charge in [0.2, 0.25) is 5.95 Å². The Labute approximate surface area is 162 Å². The maximum absolute atomic E-state index is 12.3. The predicted molar refractivity (Wildman–Crippen MR) is 107 cm³/mol. The van der Waals surface area contributed by atoms with Crippen LogP contribution < -0.4 is 15.4 Å². The van der Waals surface area contributed by atoms with Crippen LogP contribution in [0.15, 0.2) is 60.9 Å². The van der Waals surface area contributed by atoms with E-state index in [4.69, 9.17) is 16.3 Å². The van der Waals surface area contributed by atoms with Crippen molar-refractivity contribution in [3.8, 4) is 5.75 Å². The number of rotatable bonds is 7. The molecular formula is C20H19ClN4O2. The zero-order chi connectivity index (χ0) is 19.1. The first-order valence-corrected chi connectivity index (χ1v) is 8.77. The highest BCUT2D eigenvalue weighted by atomic mass is 35.5. The van der Waals surface area contributed by atoms with Crippen LogP contribution in [-0.4, -0.2) is 29.5 Å². The van der Waals surface area contributed by atoms with E-state index < -0.39 is 0 Å². The Kier molecular flexibility index (Phi) is 6.22. The van der Waals surface area contributed by atoms with E-state index in [1.165, 1.54) is 18.0 Å². The molecule has 2 N–H and O–H groups in total. The molecule has 0 atom stereocenters. The Morgan fingerprint density at radius 3 is 2.56 bits per heavy atom. The summed E-state index contributed by atoms with van der Waals surface area (Å²) in [6.45, 7) is 0.678. The van der Waals surface area contributed by atoms with Crippen molar-refractivity contribution in [1.29, 1.82) is 0 Å². The molecule has 1 aromatic heterocycles. The van der Waals surface area contributed by atoms with E-state index in [0.29, 0.717) is 29.5 Å². The van der Waals surface area contributed by atoms with Crippen LogP contribution in [0, 0.1) is 0 Å². The minimum Gasteiger partial charge on any atom is -0.497 e. The summed E-state index contributed by atoms with van der Waals surface area (Å²) in [6, 6.07) is 14.8. The summed E-state index contributed by atoms with van der Waals surface area (Å²) >= 11 is 5.87. The lowest BCUT2D eigenvalue weighted by atomic mass is 10.1. The summed E-state index contributed by atoms with van der Waals surface area (Å²) in [7, 11) is 1.58. The number of carbonyl (C=O) groups excluding carboxylic acids is 1. The van der Waals surface area contributed by atoms with Crippen molar-refractivity contribution >= 4 is 29.1 Å². The van der Waals surface area contributed by atoms with Crippen LogP contribution in [0.4, 0.5) is 11.6 Å². The summed E-state index contributed by atoms with van der Waals surface area (Å²) in [4.78, 5) is 20.7. The Bertz CT molecular complexity index is 899. The summed E-state index contributed by atoms with van der Waals surface area (Å²) in [6.07, 6.45) is 3.80. The van der Waals surface area contributed by atoms with Gasteiger partial charge in [-0.15, -0.1) is 0 Å². The van der Waals surface area contributed by atoms with Gasteiger partial charge in [0.05, 0.1) is 12.7 Å². The van der Waals surface area contributed by atoms with Gasteiger partial charge in [-0.05, 0) is 36.2 Å². The van der Waals surface area contributed by atoms with Crippen molar-refractivity contribution in [3.63, 3.8) is 0 Å². The van der Waals surface area contributed by atoms with Gasteiger partial charge in [-0.3, -0.25) is 4.79 Å². The number of nitrogens with zero attached hydrogens (tertiary/aromatic N) is 2. The summed E-state index contributed by atoms with van der Waals surface area (Å²) in [5.74, 6) is 0.863. The number of benzene rings is 2. The third-order valence-corrected chi connectivity index (χ3v) is 4.10. The second kappa shape index (κ2) is 9.00. The predicted octanol–water partition coefficient (Wildman–Crippen LogP) is 4.05. The molecule has 138 valence electrons. The van der Waals surface area contributed by atoms with E-state index in [1.807, 2.05) is 30.3 Å². The highest BCUT2D eigenvalue weighted by Gasteiger charge is 2.08. The van der Waals surface area contributed by atoms with Gasteiger partial charge in [0, 0.05) is 35.7 Å². The topological polar surface area (TPSA) is 76.1 Å². The lowest BCUT2D eigenvalue weighted by Crippen LogP contribution is -2.14. The lowest BCUT2D eigenvalue weighted by Gasteiger charge is -2.08. The van der Waals surface area contributed by atoms with Crippen LogP contribution in [0.2, 0.25) is 5.02 Å². The van der Waals surface area contributed by atoms with Crippen LogP contribution in [0.5, 0.6) is 5.75 Å². The average Bonchev–Trinajstić information content (AvgIpc) is 2.70. The molecule has 0 fully saturated rings. The van der Waals surface area contributed by atoms with Crippen LogP contribution in [0.3, 0.4) is 0 Å². The molecule has 27 heavy (non-hydrogen) atoms. The van der Waals surface area contributed by atoms with Crippen molar-refractivity contribution in [2.75, 3.05) is 24.3 Å². The van der Waals surface area contributed by atoms with E-state index >= 15 is 0 Å². The fourth-order valence-electron chi connectivity index (χ4n) is 2.41. The fraction of sp³-hybridized carbons (Fsp3) is 0.150. The number of ether oxygens (including phenoxy) is 1. The number of hydrogen-bond acceptors (Lipinski definition) is 5. The molecule has 0 spiro atoms. The third kappa shape index (κ3) is 5.43. The van der Waals surface area contributed by atoms with Gasteiger partial charge in [-0.25, -0.2) is 9.97 Å². The molecule has 0 aliphatic rings. The SMILES string of the molecule is COc1cccc(NC(=O)c2cnc(NCCc3ccc(Cl)cc3)nc2)c1. The third-order valence-electron chi connectivity index (χ3n) is 3.85. The largest absolute Gasteiger partial charge is 0.497 e. The quantitative estimate of drug-likeness (QED) is 0.644. The van der Waals surface area contributed by atoms with Crippen molar-refractivity contribution in [2.45, 2.75) is 6.42 Å². The van der Waals surface area contributed by atoms with Gasteiger partial charge in [0.1, 0.15) is 5.75 Å². The number of hydrogen-bond donors (Lipinski definition) is 2. The molecule has 0 unspecified atom stereocenters. The fourth-order valence-corrected chi connectivity index (χ4v) is 2.54. The zero-order valence-corrected chi connectivity index (χ0v) is 15.5. The van der Waals surface area contributed by atoms with Gasteiger partial charge in [-0.2, -0.15) is 0 Å². The van der Waals surface area contributed by atoms with E-state index in [9.17, 15) is 4.79 Å². The number of methoxy groups -OCH3 is 1. The molecule has 0 saturated carbocycles. The molecule has 7 heteroatoms. The number of anilines is 2. The Morgan fingerprint density at radius 1 is 1.11 bits per heavy atom. The molecule has 2 aromatic carbocycles. The molecule has 0 radical (unpaired) electrons.